The molecule has 112 valence electrons. The number of methoxy groups -OCH3 is 1. The largest absolute Gasteiger partial charge is 0.497 e. The summed E-state index contributed by atoms with van der Waals surface area (Å²) < 4.78 is 5.19. The fourth-order valence-corrected chi connectivity index (χ4v) is 2.55. The third-order valence-corrected chi connectivity index (χ3v) is 3.81. The van der Waals surface area contributed by atoms with Crippen LogP contribution in [0, 0.1) is 6.92 Å². The first-order chi connectivity index (χ1) is 10.1. The zero-order valence-corrected chi connectivity index (χ0v) is 13.4. The Hall–Kier alpha value is -1.80. The zero-order valence-electron chi connectivity index (χ0n) is 13.4. The van der Waals surface area contributed by atoms with Gasteiger partial charge in [-0.2, -0.15) is 0 Å². The second-order valence-electron chi connectivity index (χ2n) is 5.75. The molecular formula is C19H25NO. The average molecular weight is 283 g/mol. The zero-order chi connectivity index (χ0) is 15.2. The van der Waals surface area contributed by atoms with Gasteiger partial charge < -0.3 is 10.1 Å². The summed E-state index contributed by atoms with van der Waals surface area (Å²) in [5.74, 6) is 0.910. The Bertz CT molecular complexity index is 545. The van der Waals surface area contributed by atoms with E-state index >= 15 is 0 Å². The lowest BCUT2D eigenvalue weighted by atomic mass is 10.0. The molecule has 0 fully saturated rings. The molecule has 0 radical (unpaired) electrons. The minimum atomic E-state index is 0.360. The molecular weight excluding hydrogens is 258 g/mol. The van der Waals surface area contributed by atoms with Crippen molar-refractivity contribution in [2.75, 3.05) is 7.11 Å². The molecule has 2 aromatic rings. The van der Waals surface area contributed by atoms with Crippen LogP contribution in [-0.2, 0) is 6.42 Å². The van der Waals surface area contributed by atoms with Crippen LogP contribution in [-0.4, -0.2) is 13.2 Å². The Morgan fingerprint density at radius 3 is 2.14 bits per heavy atom. The number of nitrogens with one attached hydrogen (secondary N) is 1. The summed E-state index contributed by atoms with van der Waals surface area (Å²) in [6.07, 6.45) is 1.01. The van der Waals surface area contributed by atoms with E-state index in [9.17, 15) is 0 Å². The molecule has 1 N–H and O–H groups in total. The van der Waals surface area contributed by atoms with E-state index < -0.39 is 0 Å². The van der Waals surface area contributed by atoms with Crippen molar-refractivity contribution in [2.24, 2.45) is 0 Å². The van der Waals surface area contributed by atoms with Crippen molar-refractivity contribution in [2.45, 2.75) is 39.3 Å². The maximum atomic E-state index is 5.19. The molecule has 0 saturated carbocycles. The molecule has 0 heterocycles. The molecule has 2 rings (SSSR count). The van der Waals surface area contributed by atoms with Crippen LogP contribution in [0.4, 0.5) is 0 Å². The first kappa shape index (κ1) is 15.6. The Morgan fingerprint density at radius 1 is 0.952 bits per heavy atom. The predicted molar refractivity (Wildman–Crippen MR) is 88.9 cm³/mol. The number of ether oxygens (including phenoxy) is 1. The lowest BCUT2D eigenvalue weighted by Gasteiger charge is -2.21. The standard InChI is InChI=1S/C19H25NO/c1-14-5-9-18(10-6-14)16(3)20-15(2)13-17-7-11-19(21-4)12-8-17/h5-12,15-16,20H,13H2,1-4H3. The molecule has 0 aromatic heterocycles. The van der Waals surface area contributed by atoms with Crippen molar-refractivity contribution >= 4 is 0 Å². The van der Waals surface area contributed by atoms with Crippen LogP contribution >= 0.6 is 0 Å². The minimum Gasteiger partial charge on any atom is -0.497 e. The number of hydrogen-bond acceptors (Lipinski definition) is 2. The van der Waals surface area contributed by atoms with Crippen molar-refractivity contribution in [1.82, 2.24) is 5.32 Å². The second-order valence-corrected chi connectivity index (χ2v) is 5.75. The highest BCUT2D eigenvalue weighted by atomic mass is 16.5. The molecule has 0 spiro atoms. The highest BCUT2D eigenvalue weighted by Gasteiger charge is 2.10. The van der Waals surface area contributed by atoms with Gasteiger partial charge in [0.1, 0.15) is 5.75 Å². The molecule has 2 atom stereocenters. The van der Waals surface area contributed by atoms with Crippen molar-refractivity contribution in [3.05, 3.63) is 65.2 Å². The van der Waals surface area contributed by atoms with Crippen LogP contribution in [0.15, 0.2) is 48.5 Å². The van der Waals surface area contributed by atoms with E-state index in [4.69, 9.17) is 4.74 Å². The predicted octanol–water partition coefficient (Wildman–Crippen LogP) is 4.29. The van der Waals surface area contributed by atoms with Gasteiger partial charge in [0.15, 0.2) is 0 Å². The van der Waals surface area contributed by atoms with E-state index in [0.29, 0.717) is 12.1 Å². The highest BCUT2D eigenvalue weighted by molar-refractivity contribution is 5.28. The fraction of sp³-hybridized carbons (Fsp3) is 0.368. The van der Waals surface area contributed by atoms with Crippen LogP contribution in [0.2, 0.25) is 0 Å². The first-order valence-corrected chi connectivity index (χ1v) is 7.54. The minimum absolute atomic E-state index is 0.360. The maximum Gasteiger partial charge on any atom is 0.118 e. The third kappa shape index (κ3) is 4.61. The van der Waals surface area contributed by atoms with E-state index in [1.807, 2.05) is 12.1 Å². The Morgan fingerprint density at radius 2 is 1.57 bits per heavy atom. The van der Waals surface area contributed by atoms with Gasteiger partial charge in [0, 0.05) is 12.1 Å². The summed E-state index contributed by atoms with van der Waals surface area (Å²) in [6.45, 7) is 6.57. The van der Waals surface area contributed by atoms with E-state index in [2.05, 4.69) is 62.5 Å². The van der Waals surface area contributed by atoms with Gasteiger partial charge in [0.05, 0.1) is 7.11 Å². The Balaban J connectivity index is 1.91. The molecule has 2 aromatic carbocycles. The molecule has 2 unspecified atom stereocenters. The van der Waals surface area contributed by atoms with Gasteiger partial charge in [-0.05, 0) is 50.5 Å². The third-order valence-electron chi connectivity index (χ3n) is 3.81. The van der Waals surface area contributed by atoms with Crippen LogP contribution < -0.4 is 10.1 Å². The summed E-state index contributed by atoms with van der Waals surface area (Å²) in [4.78, 5) is 0. The number of benzene rings is 2. The first-order valence-electron chi connectivity index (χ1n) is 7.54. The SMILES string of the molecule is COc1ccc(CC(C)NC(C)c2ccc(C)cc2)cc1. The van der Waals surface area contributed by atoms with Crippen molar-refractivity contribution in [1.29, 1.82) is 0 Å². The van der Waals surface area contributed by atoms with Gasteiger partial charge in [0.2, 0.25) is 0 Å². The van der Waals surface area contributed by atoms with Crippen molar-refractivity contribution < 1.29 is 4.74 Å². The van der Waals surface area contributed by atoms with E-state index in [0.717, 1.165) is 12.2 Å². The van der Waals surface area contributed by atoms with Crippen molar-refractivity contribution in [3.63, 3.8) is 0 Å². The van der Waals surface area contributed by atoms with Gasteiger partial charge >= 0.3 is 0 Å². The summed E-state index contributed by atoms with van der Waals surface area (Å²) in [5.41, 5.74) is 3.96. The molecule has 0 bridgehead atoms. The monoisotopic (exact) mass is 283 g/mol. The van der Waals surface area contributed by atoms with E-state index in [-0.39, 0.29) is 0 Å². The van der Waals surface area contributed by atoms with E-state index in [1.165, 1.54) is 16.7 Å². The van der Waals surface area contributed by atoms with Crippen LogP contribution in [0.1, 0.15) is 36.6 Å². The number of hydrogen-bond donors (Lipinski definition) is 1. The maximum absolute atomic E-state index is 5.19. The molecule has 21 heavy (non-hydrogen) atoms. The highest BCUT2D eigenvalue weighted by Crippen LogP contribution is 2.16. The quantitative estimate of drug-likeness (QED) is 0.854. The Kier molecular flexibility index (Phi) is 5.40. The molecule has 2 heteroatoms. The summed E-state index contributed by atoms with van der Waals surface area (Å²) in [5, 5.41) is 3.66. The molecule has 0 saturated heterocycles. The summed E-state index contributed by atoms with van der Waals surface area (Å²) in [7, 11) is 1.70. The molecule has 0 aliphatic carbocycles. The Labute approximate surface area is 128 Å². The molecule has 0 aliphatic rings. The van der Waals surface area contributed by atoms with Gasteiger partial charge in [0.25, 0.3) is 0 Å². The number of aryl methyl sites for hydroxylation is 1. The molecule has 0 aliphatic heterocycles. The fourth-order valence-electron chi connectivity index (χ4n) is 2.55. The number of rotatable bonds is 6. The van der Waals surface area contributed by atoms with Gasteiger partial charge in [-0.25, -0.2) is 0 Å². The second kappa shape index (κ2) is 7.28. The topological polar surface area (TPSA) is 21.3 Å². The van der Waals surface area contributed by atoms with Crippen molar-refractivity contribution in [3.8, 4) is 5.75 Å². The smallest absolute Gasteiger partial charge is 0.118 e. The van der Waals surface area contributed by atoms with Crippen LogP contribution in [0.25, 0.3) is 0 Å². The lowest BCUT2D eigenvalue weighted by molar-refractivity contribution is 0.414. The molecule has 0 amide bonds. The average Bonchev–Trinajstić information content (AvgIpc) is 2.48. The van der Waals surface area contributed by atoms with Gasteiger partial charge in [-0.3, -0.25) is 0 Å². The van der Waals surface area contributed by atoms with Crippen LogP contribution in [0.3, 0.4) is 0 Å². The lowest BCUT2D eigenvalue weighted by Crippen LogP contribution is -2.30. The van der Waals surface area contributed by atoms with Gasteiger partial charge in [-0.15, -0.1) is 0 Å². The van der Waals surface area contributed by atoms with Gasteiger partial charge in [-0.1, -0.05) is 42.0 Å². The van der Waals surface area contributed by atoms with Crippen LogP contribution in [0.5, 0.6) is 5.75 Å². The normalized spacial score (nSPS) is 13.7. The molecule has 2 nitrogen and oxygen atoms in total. The summed E-state index contributed by atoms with van der Waals surface area (Å²) in [6, 6.07) is 17.8. The summed E-state index contributed by atoms with van der Waals surface area (Å²) >= 11 is 0. The van der Waals surface area contributed by atoms with E-state index in [1.54, 1.807) is 7.11 Å².